The summed E-state index contributed by atoms with van der Waals surface area (Å²) in [4.78, 5) is 0.342. The number of nitrogens with one attached hydrogen (secondary N) is 1. The molecule has 3 nitrogen and oxygen atoms in total. The fourth-order valence-electron chi connectivity index (χ4n) is 2.77. The van der Waals surface area contributed by atoms with Gasteiger partial charge in [0.1, 0.15) is 0 Å². The number of hydrogen-bond acceptors (Lipinski definition) is 2. The van der Waals surface area contributed by atoms with E-state index in [-0.39, 0.29) is 6.04 Å². The second-order valence-corrected chi connectivity index (χ2v) is 7.76. The third-order valence-electron chi connectivity index (χ3n) is 3.88. The van der Waals surface area contributed by atoms with Gasteiger partial charge in [-0.25, -0.2) is 13.1 Å². The van der Waals surface area contributed by atoms with Crippen molar-refractivity contribution < 1.29 is 8.42 Å². The summed E-state index contributed by atoms with van der Waals surface area (Å²) in [7, 11) is -3.40. The molecule has 1 aliphatic carbocycles. The van der Waals surface area contributed by atoms with E-state index < -0.39 is 10.0 Å². The first-order valence-corrected chi connectivity index (χ1v) is 9.20. The lowest BCUT2D eigenvalue weighted by molar-refractivity contribution is 0.327. The van der Waals surface area contributed by atoms with Crippen LogP contribution < -0.4 is 4.72 Å². The van der Waals surface area contributed by atoms with Crippen molar-refractivity contribution in [3.05, 3.63) is 29.8 Å². The van der Waals surface area contributed by atoms with Gasteiger partial charge in [-0.15, -0.1) is 11.6 Å². The molecule has 1 aromatic carbocycles. The fraction of sp³-hybridized carbons (Fsp3) is 0.600. The Labute approximate surface area is 126 Å². The molecule has 2 atom stereocenters. The van der Waals surface area contributed by atoms with E-state index >= 15 is 0 Å². The van der Waals surface area contributed by atoms with Crippen molar-refractivity contribution in [2.45, 2.75) is 50.0 Å². The van der Waals surface area contributed by atoms with Gasteiger partial charge in [-0.05, 0) is 42.9 Å². The maximum absolute atomic E-state index is 12.3. The Hall–Kier alpha value is -0.580. The molecule has 20 heavy (non-hydrogen) atoms. The molecule has 2 unspecified atom stereocenters. The second kappa shape index (κ2) is 6.92. The number of hydrogen-bond donors (Lipinski definition) is 1. The smallest absolute Gasteiger partial charge is 0.208 e. The van der Waals surface area contributed by atoms with E-state index in [0.29, 0.717) is 16.7 Å². The van der Waals surface area contributed by atoms with Crippen LogP contribution in [0.2, 0.25) is 0 Å². The molecule has 0 aromatic heterocycles. The predicted molar refractivity (Wildman–Crippen MR) is 82.6 cm³/mol. The van der Waals surface area contributed by atoms with E-state index in [1.165, 1.54) is 6.42 Å². The summed E-state index contributed by atoms with van der Waals surface area (Å²) in [5.74, 6) is 1.15. The lowest BCUT2D eigenvalue weighted by Gasteiger charge is -2.27. The molecule has 0 heterocycles. The van der Waals surface area contributed by atoms with E-state index in [1.54, 1.807) is 12.1 Å². The van der Waals surface area contributed by atoms with Gasteiger partial charge in [0.2, 0.25) is 10.0 Å². The average molecular weight is 316 g/mol. The summed E-state index contributed by atoms with van der Waals surface area (Å²) in [5.41, 5.74) is 1.06. The molecule has 0 aliphatic heterocycles. The van der Waals surface area contributed by atoms with E-state index in [1.807, 2.05) is 12.1 Å². The normalized spacial score (nSPS) is 23.7. The highest BCUT2D eigenvalue weighted by molar-refractivity contribution is 7.89. The molecule has 2 rings (SSSR count). The Morgan fingerprint density at radius 2 is 1.95 bits per heavy atom. The maximum Gasteiger partial charge on any atom is 0.240 e. The largest absolute Gasteiger partial charge is 0.240 e. The molecule has 1 aromatic rings. The number of benzene rings is 1. The van der Waals surface area contributed by atoms with Gasteiger partial charge in [0, 0.05) is 11.9 Å². The zero-order chi connectivity index (χ0) is 14.6. The lowest BCUT2D eigenvalue weighted by Crippen LogP contribution is -2.37. The first-order valence-electron chi connectivity index (χ1n) is 7.18. The van der Waals surface area contributed by atoms with E-state index in [2.05, 4.69) is 11.6 Å². The predicted octanol–water partition coefficient (Wildman–Crippen LogP) is 3.32. The molecule has 0 bridgehead atoms. The van der Waals surface area contributed by atoms with E-state index in [9.17, 15) is 8.42 Å². The molecule has 0 saturated heterocycles. The molecular formula is C15H22ClNO2S. The summed E-state index contributed by atoms with van der Waals surface area (Å²) in [6, 6.07) is 7.07. The molecule has 1 fully saturated rings. The molecule has 0 spiro atoms. The van der Waals surface area contributed by atoms with Crippen LogP contribution in [0, 0.1) is 5.92 Å². The number of halogens is 1. The Balaban J connectivity index is 2.05. The third-order valence-corrected chi connectivity index (χ3v) is 5.60. The minimum atomic E-state index is -3.40. The average Bonchev–Trinajstić information content (AvgIpc) is 2.39. The van der Waals surface area contributed by atoms with Crippen LogP contribution in [-0.4, -0.2) is 20.3 Å². The molecular weight excluding hydrogens is 294 g/mol. The van der Waals surface area contributed by atoms with Crippen molar-refractivity contribution in [3.8, 4) is 0 Å². The number of sulfonamides is 1. The van der Waals surface area contributed by atoms with Crippen LogP contribution in [0.4, 0.5) is 0 Å². The van der Waals surface area contributed by atoms with Crippen molar-refractivity contribution in [1.29, 1.82) is 0 Å². The Kier molecular flexibility index (Phi) is 5.47. The van der Waals surface area contributed by atoms with Crippen molar-refractivity contribution in [3.63, 3.8) is 0 Å². The zero-order valence-electron chi connectivity index (χ0n) is 11.8. The molecule has 1 N–H and O–H groups in total. The quantitative estimate of drug-likeness (QED) is 0.847. The second-order valence-electron chi connectivity index (χ2n) is 5.67. The lowest BCUT2D eigenvalue weighted by atomic mass is 9.88. The topological polar surface area (TPSA) is 46.2 Å². The van der Waals surface area contributed by atoms with Gasteiger partial charge in [-0.2, -0.15) is 0 Å². The number of alkyl halides is 1. The highest BCUT2D eigenvalue weighted by atomic mass is 35.5. The van der Waals surface area contributed by atoms with Gasteiger partial charge < -0.3 is 0 Å². The summed E-state index contributed by atoms with van der Waals surface area (Å²) in [6.07, 6.45) is 4.93. The Bertz CT molecular complexity index is 527. The van der Waals surface area contributed by atoms with Crippen LogP contribution in [0.3, 0.4) is 0 Å². The van der Waals surface area contributed by atoms with Gasteiger partial charge in [-0.3, -0.25) is 0 Å². The minimum absolute atomic E-state index is 0.0752. The SMILES string of the molecule is CC1CCCC(NS(=O)(=O)c2ccc(CCCl)cc2)C1. The van der Waals surface area contributed by atoms with Gasteiger partial charge in [0.15, 0.2) is 0 Å². The van der Waals surface area contributed by atoms with Crippen LogP contribution in [0.1, 0.15) is 38.2 Å². The van der Waals surface area contributed by atoms with Gasteiger partial charge in [-0.1, -0.05) is 31.9 Å². The monoisotopic (exact) mass is 315 g/mol. The van der Waals surface area contributed by atoms with Crippen LogP contribution in [-0.2, 0) is 16.4 Å². The summed E-state index contributed by atoms with van der Waals surface area (Å²) in [6.45, 7) is 2.18. The van der Waals surface area contributed by atoms with Crippen LogP contribution in [0.15, 0.2) is 29.2 Å². The third kappa shape index (κ3) is 4.21. The number of aryl methyl sites for hydroxylation is 1. The first-order chi connectivity index (χ1) is 9.51. The molecule has 0 amide bonds. The molecule has 1 aliphatic rings. The number of rotatable bonds is 5. The molecule has 112 valence electrons. The van der Waals surface area contributed by atoms with Gasteiger partial charge >= 0.3 is 0 Å². The molecule has 0 radical (unpaired) electrons. The highest BCUT2D eigenvalue weighted by Gasteiger charge is 2.24. The first kappa shape index (κ1) is 15.8. The fourth-order valence-corrected chi connectivity index (χ4v) is 4.27. The van der Waals surface area contributed by atoms with Crippen molar-refractivity contribution >= 4 is 21.6 Å². The summed E-state index contributed by atoms with van der Waals surface area (Å²) >= 11 is 5.68. The van der Waals surface area contributed by atoms with Crippen molar-refractivity contribution in [2.75, 3.05) is 5.88 Å². The standard InChI is InChI=1S/C15H22ClNO2S/c1-12-3-2-4-14(11-12)17-20(18,19)15-7-5-13(6-8-15)9-10-16/h5-8,12,14,17H,2-4,9-11H2,1H3. The molecule has 5 heteroatoms. The Morgan fingerprint density at radius 1 is 1.25 bits per heavy atom. The van der Waals surface area contributed by atoms with Gasteiger partial charge in [0.25, 0.3) is 0 Å². The summed E-state index contributed by atoms with van der Waals surface area (Å²) in [5, 5.41) is 0. The van der Waals surface area contributed by atoms with Gasteiger partial charge in [0.05, 0.1) is 4.90 Å². The van der Waals surface area contributed by atoms with Crippen molar-refractivity contribution in [2.24, 2.45) is 5.92 Å². The highest BCUT2D eigenvalue weighted by Crippen LogP contribution is 2.25. The van der Waals surface area contributed by atoms with Crippen LogP contribution in [0.5, 0.6) is 0 Å². The summed E-state index contributed by atoms with van der Waals surface area (Å²) < 4.78 is 27.5. The van der Waals surface area contributed by atoms with E-state index in [0.717, 1.165) is 31.2 Å². The Morgan fingerprint density at radius 3 is 2.55 bits per heavy atom. The minimum Gasteiger partial charge on any atom is -0.208 e. The van der Waals surface area contributed by atoms with Crippen LogP contribution >= 0.6 is 11.6 Å². The van der Waals surface area contributed by atoms with Crippen LogP contribution in [0.25, 0.3) is 0 Å². The zero-order valence-corrected chi connectivity index (χ0v) is 13.4. The molecule has 1 saturated carbocycles. The maximum atomic E-state index is 12.3. The van der Waals surface area contributed by atoms with E-state index in [4.69, 9.17) is 11.6 Å². The van der Waals surface area contributed by atoms with Crippen molar-refractivity contribution in [1.82, 2.24) is 4.72 Å².